The molecule has 0 saturated heterocycles. The van der Waals surface area contributed by atoms with Crippen LogP contribution in [0.5, 0.6) is 0 Å². The summed E-state index contributed by atoms with van der Waals surface area (Å²) in [6.45, 7) is 0.500. The molecule has 6 heteroatoms. The Morgan fingerprint density at radius 1 is 1.32 bits per heavy atom. The molecule has 0 atom stereocenters. The highest BCUT2D eigenvalue weighted by Crippen LogP contribution is 2.31. The summed E-state index contributed by atoms with van der Waals surface area (Å²) in [6, 6.07) is 5.81. The molecule has 1 aliphatic rings. The predicted octanol–water partition coefficient (Wildman–Crippen LogP) is 4.59. The first kappa shape index (κ1) is 15.4. The van der Waals surface area contributed by atoms with Crippen molar-refractivity contribution in [2.24, 2.45) is 0 Å². The standard InChI is InChI=1S/C16H14ClF2NOS/c17-15-5-3-11(22-15)4-6-16(21)20-7-1-2-12-13(19)8-10(18)9-14(12)20/h3,5,8-9H,1-2,4,6-7H2. The lowest BCUT2D eigenvalue weighted by atomic mass is 10.0. The van der Waals surface area contributed by atoms with Crippen LogP contribution >= 0.6 is 22.9 Å². The number of rotatable bonds is 3. The highest BCUT2D eigenvalue weighted by molar-refractivity contribution is 7.16. The topological polar surface area (TPSA) is 20.3 Å². The van der Waals surface area contributed by atoms with Gasteiger partial charge < -0.3 is 4.90 Å². The van der Waals surface area contributed by atoms with Crippen molar-refractivity contribution < 1.29 is 13.6 Å². The molecule has 0 spiro atoms. The van der Waals surface area contributed by atoms with E-state index in [-0.39, 0.29) is 5.91 Å². The first-order valence-electron chi connectivity index (χ1n) is 7.07. The zero-order valence-electron chi connectivity index (χ0n) is 11.7. The maximum atomic E-state index is 13.8. The summed E-state index contributed by atoms with van der Waals surface area (Å²) in [7, 11) is 0. The molecule has 22 heavy (non-hydrogen) atoms. The first-order valence-corrected chi connectivity index (χ1v) is 8.26. The zero-order valence-corrected chi connectivity index (χ0v) is 13.3. The fourth-order valence-electron chi connectivity index (χ4n) is 2.72. The van der Waals surface area contributed by atoms with Crippen molar-refractivity contribution in [2.45, 2.75) is 25.7 Å². The molecule has 0 aliphatic carbocycles. The van der Waals surface area contributed by atoms with E-state index in [4.69, 9.17) is 11.6 Å². The van der Waals surface area contributed by atoms with E-state index in [0.717, 1.165) is 10.9 Å². The Morgan fingerprint density at radius 3 is 2.86 bits per heavy atom. The monoisotopic (exact) mass is 341 g/mol. The van der Waals surface area contributed by atoms with Crippen LogP contribution in [-0.4, -0.2) is 12.5 Å². The minimum Gasteiger partial charge on any atom is -0.312 e. The third-order valence-electron chi connectivity index (χ3n) is 3.75. The van der Waals surface area contributed by atoms with E-state index in [1.165, 1.54) is 22.3 Å². The number of hydrogen-bond acceptors (Lipinski definition) is 2. The molecule has 1 aromatic carbocycles. The molecule has 2 heterocycles. The van der Waals surface area contributed by atoms with Gasteiger partial charge in [0.25, 0.3) is 0 Å². The van der Waals surface area contributed by atoms with Crippen LogP contribution in [0.3, 0.4) is 0 Å². The number of thiophene rings is 1. The number of benzene rings is 1. The smallest absolute Gasteiger partial charge is 0.227 e. The summed E-state index contributed by atoms with van der Waals surface area (Å²) in [6.07, 6.45) is 2.10. The van der Waals surface area contributed by atoms with Crippen molar-refractivity contribution in [3.05, 3.63) is 50.7 Å². The SMILES string of the molecule is O=C(CCc1ccc(Cl)s1)N1CCCc2c(F)cc(F)cc21. The van der Waals surface area contributed by atoms with Crippen LogP contribution in [0.4, 0.5) is 14.5 Å². The van der Waals surface area contributed by atoms with Crippen molar-refractivity contribution in [3.8, 4) is 0 Å². The Hall–Kier alpha value is -1.46. The lowest BCUT2D eigenvalue weighted by Crippen LogP contribution is -2.36. The van der Waals surface area contributed by atoms with E-state index < -0.39 is 11.6 Å². The number of nitrogens with zero attached hydrogens (tertiary/aromatic N) is 1. The summed E-state index contributed by atoms with van der Waals surface area (Å²) >= 11 is 7.31. The summed E-state index contributed by atoms with van der Waals surface area (Å²) < 4.78 is 28.0. The maximum absolute atomic E-state index is 13.8. The molecule has 0 radical (unpaired) electrons. The lowest BCUT2D eigenvalue weighted by molar-refractivity contribution is -0.118. The van der Waals surface area contributed by atoms with E-state index >= 15 is 0 Å². The van der Waals surface area contributed by atoms with Gasteiger partial charge in [0.1, 0.15) is 11.6 Å². The number of anilines is 1. The number of hydrogen-bond donors (Lipinski definition) is 0. The molecular formula is C16H14ClF2NOS. The summed E-state index contributed by atoms with van der Waals surface area (Å²) in [5.74, 6) is -1.34. The van der Waals surface area contributed by atoms with E-state index in [1.54, 1.807) is 6.07 Å². The van der Waals surface area contributed by atoms with Gasteiger partial charge in [-0.25, -0.2) is 8.78 Å². The molecule has 0 fully saturated rings. The van der Waals surface area contributed by atoms with Gasteiger partial charge in [-0.1, -0.05) is 11.6 Å². The van der Waals surface area contributed by atoms with Gasteiger partial charge in [0.15, 0.2) is 0 Å². The lowest BCUT2D eigenvalue weighted by Gasteiger charge is -2.29. The first-order chi connectivity index (χ1) is 10.5. The van der Waals surface area contributed by atoms with Crippen molar-refractivity contribution in [2.75, 3.05) is 11.4 Å². The van der Waals surface area contributed by atoms with Crippen LogP contribution in [0, 0.1) is 11.6 Å². The minimum atomic E-state index is -0.652. The molecule has 0 saturated carbocycles. The molecule has 1 aromatic heterocycles. The fourth-order valence-corrected chi connectivity index (χ4v) is 3.81. The molecule has 3 rings (SSSR count). The van der Waals surface area contributed by atoms with Crippen LogP contribution < -0.4 is 4.90 Å². The van der Waals surface area contributed by atoms with Gasteiger partial charge in [0, 0.05) is 29.5 Å². The molecule has 0 N–H and O–H groups in total. The van der Waals surface area contributed by atoms with Crippen molar-refractivity contribution >= 4 is 34.5 Å². The second-order valence-electron chi connectivity index (χ2n) is 5.24. The molecule has 2 nitrogen and oxygen atoms in total. The van der Waals surface area contributed by atoms with E-state index in [2.05, 4.69) is 0 Å². The van der Waals surface area contributed by atoms with Crippen LogP contribution in [-0.2, 0) is 17.6 Å². The van der Waals surface area contributed by atoms with E-state index in [0.29, 0.717) is 47.8 Å². The Kier molecular flexibility index (Phi) is 4.45. The number of carbonyl (C=O) groups excluding carboxylic acids is 1. The van der Waals surface area contributed by atoms with Crippen molar-refractivity contribution in [1.29, 1.82) is 0 Å². The zero-order chi connectivity index (χ0) is 15.7. The van der Waals surface area contributed by atoms with Crippen LogP contribution in [0.2, 0.25) is 4.34 Å². The van der Waals surface area contributed by atoms with Gasteiger partial charge in [-0.3, -0.25) is 4.79 Å². The minimum absolute atomic E-state index is 0.115. The van der Waals surface area contributed by atoms with Gasteiger partial charge >= 0.3 is 0 Å². The van der Waals surface area contributed by atoms with Crippen molar-refractivity contribution in [1.82, 2.24) is 0 Å². The highest BCUT2D eigenvalue weighted by atomic mass is 35.5. The number of halogens is 3. The Labute approximate surface area is 136 Å². The fraction of sp³-hybridized carbons (Fsp3) is 0.312. The Bertz CT molecular complexity index is 716. The van der Waals surface area contributed by atoms with Gasteiger partial charge in [-0.15, -0.1) is 11.3 Å². The average Bonchev–Trinajstić information content (AvgIpc) is 2.90. The molecule has 0 unspecified atom stereocenters. The van der Waals surface area contributed by atoms with Gasteiger partial charge in [0.2, 0.25) is 5.91 Å². The summed E-state index contributed by atoms with van der Waals surface area (Å²) in [5, 5.41) is 0. The molecule has 1 aliphatic heterocycles. The molecule has 0 bridgehead atoms. The summed E-state index contributed by atoms with van der Waals surface area (Å²) in [4.78, 5) is 14.9. The molecule has 1 amide bonds. The number of aryl methyl sites for hydroxylation is 1. The Balaban J connectivity index is 1.77. The number of carbonyl (C=O) groups is 1. The largest absolute Gasteiger partial charge is 0.312 e. The average molecular weight is 342 g/mol. The number of fused-ring (bicyclic) bond motifs is 1. The van der Waals surface area contributed by atoms with Crippen LogP contribution in [0.25, 0.3) is 0 Å². The van der Waals surface area contributed by atoms with Crippen LogP contribution in [0.15, 0.2) is 24.3 Å². The Morgan fingerprint density at radius 2 is 2.14 bits per heavy atom. The molecule has 116 valence electrons. The second kappa shape index (κ2) is 6.34. The van der Waals surface area contributed by atoms with E-state index in [9.17, 15) is 13.6 Å². The summed E-state index contributed by atoms with van der Waals surface area (Å²) in [5.41, 5.74) is 0.804. The van der Waals surface area contributed by atoms with Crippen molar-refractivity contribution in [3.63, 3.8) is 0 Å². The van der Waals surface area contributed by atoms with Gasteiger partial charge in [0.05, 0.1) is 10.0 Å². The van der Waals surface area contributed by atoms with Gasteiger partial charge in [-0.05, 0) is 37.5 Å². The normalized spacial score (nSPS) is 14.0. The number of amides is 1. The highest BCUT2D eigenvalue weighted by Gasteiger charge is 2.25. The molecule has 2 aromatic rings. The third kappa shape index (κ3) is 3.15. The van der Waals surface area contributed by atoms with E-state index in [1.807, 2.05) is 6.07 Å². The molecular weight excluding hydrogens is 328 g/mol. The van der Waals surface area contributed by atoms with Gasteiger partial charge in [-0.2, -0.15) is 0 Å². The van der Waals surface area contributed by atoms with Crippen LogP contribution in [0.1, 0.15) is 23.3 Å². The quantitative estimate of drug-likeness (QED) is 0.799. The predicted molar refractivity (Wildman–Crippen MR) is 84.7 cm³/mol. The maximum Gasteiger partial charge on any atom is 0.227 e. The second-order valence-corrected chi connectivity index (χ2v) is 7.04. The third-order valence-corrected chi connectivity index (χ3v) is 5.04.